The molecule has 0 aliphatic carbocycles. The second-order valence-corrected chi connectivity index (χ2v) is 6.25. The maximum atomic E-state index is 12.4. The first-order chi connectivity index (χ1) is 12.2. The maximum Gasteiger partial charge on any atom is 0.325 e. The lowest BCUT2D eigenvalue weighted by Gasteiger charge is -2.10. The van der Waals surface area contributed by atoms with Gasteiger partial charge in [0.05, 0.1) is 11.8 Å². The molecule has 1 aromatic heterocycles. The molecule has 26 heavy (non-hydrogen) atoms. The molecule has 0 fully saturated rings. The summed E-state index contributed by atoms with van der Waals surface area (Å²) in [6, 6.07) is 5.37. The number of hydrogen-bond acceptors (Lipinski definition) is 4. The number of benzene rings is 1. The van der Waals surface area contributed by atoms with E-state index in [-0.39, 0.29) is 11.9 Å². The summed E-state index contributed by atoms with van der Waals surface area (Å²) in [5, 5.41) is 18.2. The topological polar surface area (TPSA) is 113 Å². The van der Waals surface area contributed by atoms with Crippen molar-refractivity contribution in [2.45, 2.75) is 39.8 Å². The van der Waals surface area contributed by atoms with E-state index in [0.29, 0.717) is 16.8 Å². The molecule has 2 rings (SSSR count). The molecule has 0 saturated heterocycles. The molecule has 1 atom stereocenters. The van der Waals surface area contributed by atoms with Crippen molar-refractivity contribution in [2.75, 3.05) is 5.32 Å². The number of carbonyl (C=O) groups excluding carboxylic acids is 2. The highest BCUT2D eigenvalue weighted by atomic mass is 16.4. The molecule has 0 spiro atoms. The van der Waals surface area contributed by atoms with E-state index in [2.05, 4.69) is 15.7 Å². The van der Waals surface area contributed by atoms with Crippen LogP contribution in [0.3, 0.4) is 0 Å². The molecule has 0 radical (unpaired) electrons. The summed E-state index contributed by atoms with van der Waals surface area (Å²) < 4.78 is 1.77. The van der Waals surface area contributed by atoms with Gasteiger partial charge in [-0.05, 0) is 52.0 Å². The minimum atomic E-state index is -1.11. The van der Waals surface area contributed by atoms with Crippen LogP contribution in [0.5, 0.6) is 0 Å². The minimum Gasteiger partial charge on any atom is -0.480 e. The molecule has 1 aromatic carbocycles. The van der Waals surface area contributed by atoms with Gasteiger partial charge in [-0.15, -0.1) is 0 Å². The molecule has 2 aromatic rings. The largest absolute Gasteiger partial charge is 0.480 e. The van der Waals surface area contributed by atoms with Gasteiger partial charge in [0.1, 0.15) is 6.04 Å². The number of hydrogen-bond donors (Lipinski definition) is 3. The van der Waals surface area contributed by atoms with Crippen LogP contribution >= 0.6 is 0 Å². The molecule has 8 nitrogen and oxygen atoms in total. The van der Waals surface area contributed by atoms with Gasteiger partial charge >= 0.3 is 5.97 Å². The molecule has 0 bridgehead atoms. The predicted octanol–water partition coefficient (Wildman–Crippen LogP) is 2.23. The summed E-state index contributed by atoms with van der Waals surface area (Å²) in [4.78, 5) is 35.1. The van der Waals surface area contributed by atoms with Crippen LogP contribution in [0, 0.1) is 6.92 Å². The lowest BCUT2D eigenvalue weighted by atomic mass is 10.1. The number of nitrogens with zero attached hydrogens (tertiary/aromatic N) is 2. The van der Waals surface area contributed by atoms with Crippen molar-refractivity contribution in [1.29, 1.82) is 0 Å². The van der Waals surface area contributed by atoms with E-state index in [1.165, 1.54) is 25.3 Å². The second kappa shape index (κ2) is 7.81. The average molecular weight is 358 g/mol. The van der Waals surface area contributed by atoms with E-state index in [9.17, 15) is 14.4 Å². The van der Waals surface area contributed by atoms with Crippen molar-refractivity contribution in [2.24, 2.45) is 0 Å². The molecule has 2 amide bonds. The lowest BCUT2D eigenvalue weighted by molar-refractivity contribution is -0.138. The SMILES string of the molecule is Cc1c(C(=O)Nc2ccc(C(=O)NC(C)C(=O)O)cc2)cnn1C(C)C. The Morgan fingerprint density at radius 3 is 2.19 bits per heavy atom. The summed E-state index contributed by atoms with van der Waals surface area (Å²) in [7, 11) is 0. The first kappa shape index (κ1) is 19.2. The van der Waals surface area contributed by atoms with Gasteiger partial charge in [-0.25, -0.2) is 0 Å². The van der Waals surface area contributed by atoms with Crippen molar-refractivity contribution < 1.29 is 19.5 Å². The van der Waals surface area contributed by atoms with Gasteiger partial charge in [0.2, 0.25) is 0 Å². The molecule has 1 heterocycles. The van der Waals surface area contributed by atoms with Gasteiger partial charge in [-0.3, -0.25) is 19.1 Å². The van der Waals surface area contributed by atoms with Gasteiger partial charge in [-0.1, -0.05) is 0 Å². The van der Waals surface area contributed by atoms with E-state index >= 15 is 0 Å². The molecule has 0 aliphatic heterocycles. The van der Waals surface area contributed by atoms with Crippen LogP contribution in [-0.2, 0) is 4.79 Å². The maximum absolute atomic E-state index is 12.4. The summed E-state index contributed by atoms with van der Waals surface area (Å²) in [5.74, 6) is -1.89. The van der Waals surface area contributed by atoms with Crippen molar-refractivity contribution in [1.82, 2.24) is 15.1 Å². The summed E-state index contributed by atoms with van der Waals surface area (Å²) in [6.07, 6.45) is 1.53. The quantitative estimate of drug-likeness (QED) is 0.733. The third-order valence-corrected chi connectivity index (χ3v) is 3.90. The molecule has 3 N–H and O–H groups in total. The number of nitrogens with one attached hydrogen (secondary N) is 2. The zero-order chi connectivity index (χ0) is 19.4. The molecule has 138 valence electrons. The monoisotopic (exact) mass is 358 g/mol. The summed E-state index contributed by atoms with van der Waals surface area (Å²) in [6.45, 7) is 7.18. The Morgan fingerprint density at radius 2 is 1.69 bits per heavy atom. The number of carboxylic acid groups (broad SMARTS) is 1. The van der Waals surface area contributed by atoms with Crippen molar-refractivity contribution in [3.63, 3.8) is 0 Å². The normalized spacial score (nSPS) is 11.9. The smallest absolute Gasteiger partial charge is 0.325 e. The van der Waals surface area contributed by atoms with Gasteiger partial charge in [0.15, 0.2) is 0 Å². The molecular weight excluding hydrogens is 336 g/mol. The lowest BCUT2D eigenvalue weighted by Crippen LogP contribution is -2.38. The molecule has 0 aliphatic rings. The first-order valence-corrected chi connectivity index (χ1v) is 8.20. The zero-order valence-electron chi connectivity index (χ0n) is 15.1. The number of rotatable bonds is 6. The standard InChI is InChI=1S/C18H22N4O4/c1-10(2)22-12(4)15(9-19-22)17(24)21-14-7-5-13(6-8-14)16(23)20-11(3)18(25)26/h5-11H,1-4H3,(H,20,23)(H,21,24)(H,25,26). The van der Waals surface area contributed by atoms with Crippen LogP contribution < -0.4 is 10.6 Å². The second-order valence-electron chi connectivity index (χ2n) is 6.25. The Bertz CT molecular complexity index is 824. The van der Waals surface area contributed by atoms with Gasteiger partial charge in [-0.2, -0.15) is 5.10 Å². The average Bonchev–Trinajstić information content (AvgIpc) is 2.97. The number of carbonyl (C=O) groups is 3. The van der Waals surface area contributed by atoms with E-state index in [1.807, 2.05) is 20.8 Å². The van der Waals surface area contributed by atoms with E-state index in [0.717, 1.165) is 5.69 Å². The number of amides is 2. The van der Waals surface area contributed by atoms with Crippen LogP contribution in [0.2, 0.25) is 0 Å². The van der Waals surface area contributed by atoms with Gasteiger partial charge < -0.3 is 15.7 Å². The molecular formula is C18H22N4O4. The minimum absolute atomic E-state index is 0.155. The number of carboxylic acids is 1. The first-order valence-electron chi connectivity index (χ1n) is 8.20. The fourth-order valence-electron chi connectivity index (χ4n) is 2.41. The molecule has 1 unspecified atom stereocenters. The summed E-state index contributed by atoms with van der Waals surface area (Å²) >= 11 is 0. The van der Waals surface area contributed by atoms with Crippen LogP contribution in [0.15, 0.2) is 30.5 Å². The zero-order valence-corrected chi connectivity index (χ0v) is 15.1. The van der Waals surface area contributed by atoms with Crippen LogP contribution in [-0.4, -0.2) is 38.7 Å². The third-order valence-electron chi connectivity index (χ3n) is 3.90. The fraction of sp³-hybridized carbons (Fsp3) is 0.333. The van der Waals surface area contributed by atoms with E-state index in [1.54, 1.807) is 16.8 Å². The highest BCUT2D eigenvalue weighted by molar-refractivity contribution is 6.05. The third kappa shape index (κ3) is 4.27. The Kier molecular flexibility index (Phi) is 5.76. The number of aliphatic carboxylic acids is 1. The Morgan fingerprint density at radius 1 is 1.08 bits per heavy atom. The van der Waals surface area contributed by atoms with Crippen LogP contribution in [0.4, 0.5) is 5.69 Å². The van der Waals surface area contributed by atoms with E-state index in [4.69, 9.17) is 5.11 Å². The number of aromatic nitrogens is 2. The van der Waals surface area contributed by atoms with Crippen molar-refractivity contribution >= 4 is 23.5 Å². The summed E-state index contributed by atoms with van der Waals surface area (Å²) in [5.41, 5.74) is 2.08. The fourth-order valence-corrected chi connectivity index (χ4v) is 2.41. The molecule has 8 heteroatoms. The highest BCUT2D eigenvalue weighted by Gasteiger charge is 2.17. The van der Waals surface area contributed by atoms with Crippen molar-refractivity contribution in [3.05, 3.63) is 47.3 Å². The van der Waals surface area contributed by atoms with Crippen LogP contribution in [0.1, 0.15) is 53.2 Å². The predicted molar refractivity (Wildman–Crippen MR) is 96.3 cm³/mol. The Hall–Kier alpha value is -3.16. The van der Waals surface area contributed by atoms with Crippen LogP contribution in [0.25, 0.3) is 0 Å². The Balaban J connectivity index is 2.06. The highest BCUT2D eigenvalue weighted by Crippen LogP contribution is 2.16. The van der Waals surface area contributed by atoms with Gasteiger partial charge in [0.25, 0.3) is 11.8 Å². The van der Waals surface area contributed by atoms with Crippen molar-refractivity contribution in [3.8, 4) is 0 Å². The Labute approximate surface area is 151 Å². The van der Waals surface area contributed by atoms with E-state index < -0.39 is 17.9 Å². The number of anilines is 1. The molecule has 0 saturated carbocycles. The van der Waals surface area contributed by atoms with Gasteiger partial charge in [0, 0.05) is 23.0 Å².